The number of aromatic nitrogens is 4. The second-order valence-corrected chi connectivity index (χ2v) is 7.31. The highest BCUT2D eigenvalue weighted by Gasteiger charge is 2.43. The van der Waals surface area contributed by atoms with Gasteiger partial charge in [-0.25, -0.2) is 4.98 Å². The molecule has 1 aliphatic carbocycles. The molecule has 5 rings (SSSR count). The van der Waals surface area contributed by atoms with Crippen LogP contribution in [-0.2, 0) is 5.41 Å². The normalized spacial score (nSPS) is 15.4. The van der Waals surface area contributed by atoms with E-state index in [1.807, 2.05) is 40.9 Å². The first kappa shape index (κ1) is 16.3. The maximum absolute atomic E-state index is 6.54. The van der Waals surface area contributed by atoms with Crippen molar-refractivity contribution < 1.29 is 0 Å². The summed E-state index contributed by atoms with van der Waals surface area (Å²) in [7, 11) is 0. The minimum Gasteiger partial charge on any atom is -0.340 e. The topological polar surface area (TPSA) is 55.1 Å². The zero-order chi connectivity index (χ0) is 18.3. The molecule has 1 N–H and O–H groups in total. The summed E-state index contributed by atoms with van der Waals surface area (Å²) in [6.07, 6.45) is 8.59. The predicted molar refractivity (Wildman–Crippen MR) is 107 cm³/mol. The van der Waals surface area contributed by atoms with E-state index in [9.17, 15) is 0 Å². The second-order valence-electron chi connectivity index (χ2n) is 6.91. The molecule has 0 bridgehead atoms. The van der Waals surface area contributed by atoms with Gasteiger partial charge >= 0.3 is 0 Å². The number of hydrogen-bond donors (Lipinski definition) is 1. The summed E-state index contributed by atoms with van der Waals surface area (Å²) >= 11 is 6.54. The summed E-state index contributed by atoms with van der Waals surface area (Å²) in [6.45, 7) is 0. The Morgan fingerprint density at radius 3 is 2.56 bits per heavy atom. The first-order chi connectivity index (χ1) is 13.3. The molecule has 1 aromatic carbocycles. The van der Waals surface area contributed by atoms with Crippen LogP contribution in [0.2, 0.25) is 5.02 Å². The molecule has 1 aliphatic rings. The van der Waals surface area contributed by atoms with Gasteiger partial charge in [-0.05, 0) is 42.7 Å². The molecule has 0 aliphatic heterocycles. The van der Waals surface area contributed by atoms with Crippen LogP contribution in [0.25, 0.3) is 5.65 Å². The van der Waals surface area contributed by atoms with Gasteiger partial charge in [-0.1, -0.05) is 36.2 Å². The molecule has 1 fully saturated rings. The van der Waals surface area contributed by atoms with Gasteiger partial charge in [0.2, 0.25) is 0 Å². The quantitative estimate of drug-likeness (QED) is 0.546. The van der Waals surface area contributed by atoms with Crippen LogP contribution < -0.4 is 5.32 Å². The molecule has 0 spiro atoms. The van der Waals surface area contributed by atoms with E-state index in [-0.39, 0.29) is 5.41 Å². The second kappa shape index (κ2) is 6.35. The maximum Gasteiger partial charge on any atom is 0.157 e. The molecule has 3 heterocycles. The lowest BCUT2D eigenvalue weighted by Gasteiger charge is -2.41. The number of nitrogens with one attached hydrogen (secondary N) is 1. The number of hydrogen-bond acceptors (Lipinski definition) is 4. The number of rotatable bonds is 4. The van der Waals surface area contributed by atoms with E-state index in [0.29, 0.717) is 0 Å². The van der Waals surface area contributed by atoms with Crippen LogP contribution in [0.1, 0.15) is 30.5 Å². The summed E-state index contributed by atoms with van der Waals surface area (Å²) in [5.41, 5.74) is 3.84. The van der Waals surface area contributed by atoms with Crippen LogP contribution in [0.4, 0.5) is 11.5 Å². The van der Waals surface area contributed by atoms with Crippen molar-refractivity contribution in [3.8, 4) is 0 Å². The van der Waals surface area contributed by atoms with E-state index in [1.54, 1.807) is 18.6 Å². The molecule has 0 radical (unpaired) electrons. The van der Waals surface area contributed by atoms with Gasteiger partial charge in [0.1, 0.15) is 5.82 Å². The third-order valence-electron chi connectivity index (χ3n) is 5.40. The summed E-state index contributed by atoms with van der Waals surface area (Å²) < 4.78 is 1.87. The van der Waals surface area contributed by atoms with Crippen molar-refractivity contribution in [3.63, 3.8) is 0 Å². The highest BCUT2D eigenvalue weighted by molar-refractivity contribution is 6.31. The maximum atomic E-state index is 6.54. The molecule has 0 saturated heterocycles. The summed E-state index contributed by atoms with van der Waals surface area (Å²) in [5.74, 6) is 0.867. The van der Waals surface area contributed by atoms with Crippen LogP contribution in [0.5, 0.6) is 0 Å². The summed E-state index contributed by atoms with van der Waals surface area (Å²) in [5, 5.41) is 9.13. The van der Waals surface area contributed by atoms with Gasteiger partial charge in [0.25, 0.3) is 0 Å². The molecule has 5 nitrogen and oxygen atoms in total. The van der Waals surface area contributed by atoms with Gasteiger partial charge in [0.05, 0.1) is 5.69 Å². The van der Waals surface area contributed by atoms with Crippen LogP contribution in [0.15, 0.2) is 67.1 Å². The van der Waals surface area contributed by atoms with Gasteiger partial charge in [0.15, 0.2) is 5.65 Å². The van der Waals surface area contributed by atoms with Crippen molar-refractivity contribution in [1.82, 2.24) is 19.6 Å². The largest absolute Gasteiger partial charge is 0.340 e. The minimum absolute atomic E-state index is 0.125. The van der Waals surface area contributed by atoms with Gasteiger partial charge in [-0.2, -0.15) is 9.61 Å². The molecule has 27 heavy (non-hydrogen) atoms. The van der Waals surface area contributed by atoms with E-state index < -0.39 is 0 Å². The van der Waals surface area contributed by atoms with E-state index in [0.717, 1.165) is 46.3 Å². The lowest BCUT2D eigenvalue weighted by atomic mass is 9.62. The van der Waals surface area contributed by atoms with E-state index in [2.05, 4.69) is 27.4 Å². The van der Waals surface area contributed by atoms with Gasteiger partial charge in [0, 0.05) is 40.8 Å². The summed E-state index contributed by atoms with van der Waals surface area (Å²) in [6, 6.07) is 16.0. The molecular formula is C21H18ClN5. The molecule has 0 unspecified atom stereocenters. The predicted octanol–water partition coefficient (Wildman–Crippen LogP) is 4.99. The molecule has 0 amide bonds. The molecule has 0 atom stereocenters. The van der Waals surface area contributed by atoms with Gasteiger partial charge < -0.3 is 5.32 Å². The van der Waals surface area contributed by atoms with E-state index in [1.165, 1.54) is 6.42 Å². The average molecular weight is 376 g/mol. The fourth-order valence-corrected chi connectivity index (χ4v) is 4.17. The lowest BCUT2D eigenvalue weighted by Crippen LogP contribution is -2.36. The van der Waals surface area contributed by atoms with Crippen molar-refractivity contribution in [2.75, 3.05) is 5.32 Å². The Hall–Kier alpha value is -2.92. The van der Waals surface area contributed by atoms with Gasteiger partial charge in [-0.15, -0.1) is 0 Å². The number of anilines is 2. The number of benzene rings is 1. The SMILES string of the molecule is Clc1ccccc1C1(c2cc3nccc(Nc4ccncc4)n3n2)CCC1. The average Bonchev–Trinajstić information content (AvgIpc) is 3.09. The standard InChI is InChI=1S/C21H18ClN5/c22-17-5-2-1-4-16(17)21(9-3-10-21)18-14-20-24-13-8-19(27(20)26-18)25-15-6-11-23-12-7-15/h1-2,4-8,11-14H,3,9-10H2,(H,23,25). The van der Waals surface area contributed by atoms with Crippen molar-refractivity contribution in [2.24, 2.45) is 0 Å². The fourth-order valence-electron chi connectivity index (χ4n) is 3.85. The number of nitrogens with zero attached hydrogens (tertiary/aromatic N) is 4. The van der Waals surface area contributed by atoms with Gasteiger partial charge in [-0.3, -0.25) is 4.98 Å². The molecule has 3 aromatic heterocycles. The first-order valence-electron chi connectivity index (χ1n) is 9.04. The Kier molecular flexibility index (Phi) is 3.83. The lowest BCUT2D eigenvalue weighted by molar-refractivity contribution is 0.293. The number of pyridine rings is 1. The Balaban J connectivity index is 1.61. The highest BCUT2D eigenvalue weighted by Crippen LogP contribution is 2.50. The van der Waals surface area contributed by atoms with Crippen molar-refractivity contribution in [2.45, 2.75) is 24.7 Å². The smallest absolute Gasteiger partial charge is 0.157 e. The van der Waals surface area contributed by atoms with E-state index in [4.69, 9.17) is 16.7 Å². The van der Waals surface area contributed by atoms with Crippen LogP contribution in [-0.4, -0.2) is 19.6 Å². The summed E-state index contributed by atoms with van der Waals surface area (Å²) in [4.78, 5) is 8.57. The zero-order valence-electron chi connectivity index (χ0n) is 14.6. The first-order valence-corrected chi connectivity index (χ1v) is 9.41. The Morgan fingerprint density at radius 1 is 1.00 bits per heavy atom. The number of fused-ring (bicyclic) bond motifs is 1. The molecule has 6 heteroatoms. The van der Waals surface area contributed by atoms with Crippen molar-refractivity contribution in [1.29, 1.82) is 0 Å². The third-order valence-corrected chi connectivity index (χ3v) is 5.73. The Labute approximate surface area is 162 Å². The van der Waals surface area contributed by atoms with Crippen molar-refractivity contribution in [3.05, 3.63) is 83.4 Å². The monoisotopic (exact) mass is 375 g/mol. The number of halogens is 1. The van der Waals surface area contributed by atoms with Crippen molar-refractivity contribution >= 4 is 28.8 Å². The third kappa shape index (κ3) is 2.66. The molecular weight excluding hydrogens is 358 g/mol. The van der Waals surface area contributed by atoms with Crippen LogP contribution >= 0.6 is 11.6 Å². The highest BCUT2D eigenvalue weighted by atomic mass is 35.5. The fraction of sp³-hybridized carbons (Fsp3) is 0.190. The Morgan fingerprint density at radius 2 is 1.81 bits per heavy atom. The molecule has 134 valence electrons. The zero-order valence-corrected chi connectivity index (χ0v) is 15.4. The molecule has 4 aromatic rings. The van der Waals surface area contributed by atoms with Crippen LogP contribution in [0, 0.1) is 0 Å². The van der Waals surface area contributed by atoms with E-state index >= 15 is 0 Å². The minimum atomic E-state index is -0.125. The molecule has 1 saturated carbocycles. The van der Waals surface area contributed by atoms with Crippen LogP contribution in [0.3, 0.4) is 0 Å². The Bertz CT molecular complexity index is 1100.